The van der Waals surface area contributed by atoms with E-state index in [9.17, 15) is 4.79 Å². The van der Waals surface area contributed by atoms with Gasteiger partial charge in [0, 0.05) is 26.1 Å². The van der Waals surface area contributed by atoms with Crippen LogP contribution in [0.5, 0.6) is 0 Å². The monoisotopic (exact) mass is 240 g/mol. The van der Waals surface area contributed by atoms with E-state index in [2.05, 4.69) is 5.32 Å². The molecule has 0 bridgehead atoms. The van der Waals surface area contributed by atoms with Crippen molar-refractivity contribution in [3.63, 3.8) is 0 Å². The second-order valence-corrected chi connectivity index (χ2v) is 3.87. The van der Waals surface area contributed by atoms with Gasteiger partial charge in [0.1, 0.15) is 5.76 Å². The van der Waals surface area contributed by atoms with Gasteiger partial charge in [-0.25, -0.2) is 0 Å². The SMILES string of the molecule is CCc1occc1C(=O)NCCC(N)COC. The molecule has 3 N–H and O–H groups in total. The Morgan fingerprint density at radius 1 is 1.65 bits per heavy atom. The Morgan fingerprint density at radius 3 is 3.06 bits per heavy atom. The Bertz CT molecular complexity index is 349. The summed E-state index contributed by atoms with van der Waals surface area (Å²) in [6, 6.07) is 1.64. The van der Waals surface area contributed by atoms with Crippen molar-refractivity contribution in [2.24, 2.45) is 5.73 Å². The van der Waals surface area contributed by atoms with E-state index in [0.717, 1.165) is 0 Å². The van der Waals surface area contributed by atoms with Crippen molar-refractivity contribution in [1.82, 2.24) is 5.32 Å². The van der Waals surface area contributed by atoms with E-state index in [1.54, 1.807) is 13.2 Å². The summed E-state index contributed by atoms with van der Waals surface area (Å²) in [5.41, 5.74) is 6.35. The molecule has 0 aliphatic carbocycles. The molecular formula is C12H20N2O3. The van der Waals surface area contributed by atoms with Crippen molar-refractivity contribution in [1.29, 1.82) is 0 Å². The fraction of sp³-hybridized carbons (Fsp3) is 0.583. The molecule has 1 unspecified atom stereocenters. The second kappa shape index (κ2) is 7.09. The molecule has 1 aromatic heterocycles. The molecular weight excluding hydrogens is 220 g/mol. The first kappa shape index (κ1) is 13.7. The number of nitrogens with two attached hydrogens (primary N) is 1. The smallest absolute Gasteiger partial charge is 0.254 e. The van der Waals surface area contributed by atoms with Gasteiger partial charge in [-0.3, -0.25) is 4.79 Å². The van der Waals surface area contributed by atoms with Crippen molar-refractivity contribution in [3.05, 3.63) is 23.7 Å². The zero-order chi connectivity index (χ0) is 12.7. The largest absolute Gasteiger partial charge is 0.469 e. The summed E-state index contributed by atoms with van der Waals surface area (Å²) in [5.74, 6) is 0.601. The number of hydrogen-bond acceptors (Lipinski definition) is 4. The predicted octanol–water partition coefficient (Wildman–Crippen LogP) is 0.936. The van der Waals surface area contributed by atoms with Crippen LogP contribution in [0.2, 0.25) is 0 Å². The third kappa shape index (κ3) is 4.20. The number of rotatable bonds is 7. The van der Waals surface area contributed by atoms with E-state index in [1.165, 1.54) is 6.26 Å². The summed E-state index contributed by atoms with van der Waals surface area (Å²) in [7, 11) is 1.61. The molecule has 1 atom stereocenters. The Morgan fingerprint density at radius 2 is 2.41 bits per heavy atom. The summed E-state index contributed by atoms with van der Waals surface area (Å²) in [6.07, 6.45) is 2.93. The van der Waals surface area contributed by atoms with Gasteiger partial charge in [0.05, 0.1) is 18.4 Å². The molecule has 1 aromatic rings. The molecule has 0 saturated carbocycles. The number of methoxy groups -OCH3 is 1. The highest BCUT2D eigenvalue weighted by Crippen LogP contribution is 2.10. The first-order chi connectivity index (χ1) is 8.19. The molecule has 1 rings (SSSR count). The van der Waals surface area contributed by atoms with Gasteiger partial charge in [-0.15, -0.1) is 0 Å². The lowest BCUT2D eigenvalue weighted by Gasteiger charge is -2.10. The van der Waals surface area contributed by atoms with Crippen molar-refractivity contribution < 1.29 is 13.9 Å². The van der Waals surface area contributed by atoms with Crippen molar-refractivity contribution in [2.75, 3.05) is 20.3 Å². The van der Waals surface area contributed by atoms with Crippen molar-refractivity contribution in [2.45, 2.75) is 25.8 Å². The fourth-order valence-electron chi connectivity index (χ4n) is 1.58. The number of carbonyl (C=O) groups excluding carboxylic acids is 1. The maximum atomic E-state index is 11.8. The number of carbonyl (C=O) groups is 1. The van der Waals surface area contributed by atoms with Crippen LogP contribution in [0.25, 0.3) is 0 Å². The topological polar surface area (TPSA) is 77.5 Å². The third-order valence-corrected chi connectivity index (χ3v) is 2.49. The number of aryl methyl sites for hydroxylation is 1. The molecule has 0 aliphatic heterocycles. The van der Waals surface area contributed by atoms with Crippen LogP contribution in [0.3, 0.4) is 0 Å². The molecule has 1 heterocycles. The van der Waals surface area contributed by atoms with Gasteiger partial charge in [-0.05, 0) is 12.5 Å². The Hall–Kier alpha value is -1.33. The van der Waals surface area contributed by atoms with Crippen LogP contribution >= 0.6 is 0 Å². The molecule has 5 heteroatoms. The molecule has 0 aliphatic rings. The van der Waals surface area contributed by atoms with Crippen LogP contribution in [0.1, 0.15) is 29.5 Å². The van der Waals surface area contributed by atoms with Gasteiger partial charge in [-0.1, -0.05) is 6.92 Å². The summed E-state index contributed by atoms with van der Waals surface area (Å²) in [5, 5.41) is 2.81. The van der Waals surface area contributed by atoms with Crippen molar-refractivity contribution >= 4 is 5.91 Å². The molecule has 96 valence electrons. The average molecular weight is 240 g/mol. The van der Waals surface area contributed by atoms with Crippen LogP contribution in [-0.2, 0) is 11.2 Å². The van der Waals surface area contributed by atoms with E-state index >= 15 is 0 Å². The highest BCUT2D eigenvalue weighted by molar-refractivity contribution is 5.95. The minimum Gasteiger partial charge on any atom is -0.469 e. The summed E-state index contributed by atoms with van der Waals surface area (Å²) in [6.45, 7) is 2.99. The standard InChI is InChI=1S/C12H20N2O3/c1-3-11-10(5-7-17-11)12(15)14-6-4-9(13)8-16-2/h5,7,9H,3-4,6,8,13H2,1-2H3,(H,14,15). The number of nitrogens with one attached hydrogen (secondary N) is 1. The molecule has 17 heavy (non-hydrogen) atoms. The van der Waals surface area contributed by atoms with Gasteiger partial charge in [-0.2, -0.15) is 0 Å². The highest BCUT2D eigenvalue weighted by atomic mass is 16.5. The fourth-order valence-corrected chi connectivity index (χ4v) is 1.58. The third-order valence-electron chi connectivity index (χ3n) is 2.49. The Labute approximate surface area is 101 Å². The van der Waals surface area contributed by atoms with Crippen LogP contribution in [-0.4, -0.2) is 32.2 Å². The first-order valence-corrected chi connectivity index (χ1v) is 5.78. The summed E-state index contributed by atoms with van der Waals surface area (Å²) < 4.78 is 10.1. The zero-order valence-corrected chi connectivity index (χ0v) is 10.4. The average Bonchev–Trinajstić information content (AvgIpc) is 2.77. The lowest BCUT2D eigenvalue weighted by atomic mass is 10.2. The molecule has 1 amide bonds. The minimum atomic E-state index is -0.111. The Kier molecular flexibility index (Phi) is 5.72. The molecule has 5 nitrogen and oxygen atoms in total. The number of hydrogen-bond donors (Lipinski definition) is 2. The molecule has 0 radical (unpaired) electrons. The number of furan rings is 1. The normalized spacial score (nSPS) is 12.4. The van der Waals surface area contributed by atoms with Crippen LogP contribution in [0, 0.1) is 0 Å². The van der Waals surface area contributed by atoms with E-state index in [4.69, 9.17) is 14.9 Å². The van der Waals surface area contributed by atoms with E-state index in [-0.39, 0.29) is 11.9 Å². The maximum Gasteiger partial charge on any atom is 0.254 e. The lowest BCUT2D eigenvalue weighted by molar-refractivity contribution is 0.0948. The molecule has 0 aromatic carbocycles. The van der Waals surface area contributed by atoms with Crippen molar-refractivity contribution in [3.8, 4) is 0 Å². The maximum absolute atomic E-state index is 11.8. The van der Waals surface area contributed by atoms with E-state index < -0.39 is 0 Å². The van der Waals surface area contributed by atoms with Crippen LogP contribution < -0.4 is 11.1 Å². The highest BCUT2D eigenvalue weighted by Gasteiger charge is 2.12. The first-order valence-electron chi connectivity index (χ1n) is 5.78. The van der Waals surface area contributed by atoms with E-state index in [0.29, 0.717) is 37.3 Å². The van der Waals surface area contributed by atoms with Gasteiger partial charge in [0.15, 0.2) is 0 Å². The van der Waals surface area contributed by atoms with E-state index in [1.807, 2.05) is 6.92 Å². The second-order valence-electron chi connectivity index (χ2n) is 3.87. The van der Waals surface area contributed by atoms with Gasteiger partial charge < -0.3 is 20.2 Å². The minimum absolute atomic E-state index is 0.0460. The summed E-state index contributed by atoms with van der Waals surface area (Å²) >= 11 is 0. The number of amides is 1. The zero-order valence-electron chi connectivity index (χ0n) is 10.4. The lowest BCUT2D eigenvalue weighted by Crippen LogP contribution is -2.33. The number of ether oxygens (including phenoxy) is 1. The molecule has 0 spiro atoms. The predicted molar refractivity (Wildman–Crippen MR) is 64.9 cm³/mol. The molecule has 0 saturated heterocycles. The van der Waals surface area contributed by atoms with Crippen LogP contribution in [0.15, 0.2) is 16.7 Å². The Balaban J connectivity index is 2.35. The quantitative estimate of drug-likeness (QED) is 0.743. The molecule has 0 fully saturated rings. The van der Waals surface area contributed by atoms with Gasteiger partial charge in [0.25, 0.3) is 5.91 Å². The summed E-state index contributed by atoms with van der Waals surface area (Å²) in [4.78, 5) is 11.8. The van der Waals surface area contributed by atoms with Crippen LogP contribution in [0.4, 0.5) is 0 Å². The van der Waals surface area contributed by atoms with Gasteiger partial charge >= 0.3 is 0 Å². The van der Waals surface area contributed by atoms with Gasteiger partial charge in [0.2, 0.25) is 0 Å².